The van der Waals surface area contributed by atoms with Crippen molar-refractivity contribution in [3.8, 4) is 0 Å². The molecule has 2 aromatic rings. The van der Waals surface area contributed by atoms with E-state index in [9.17, 15) is 4.79 Å². The van der Waals surface area contributed by atoms with Crippen molar-refractivity contribution in [2.24, 2.45) is 0 Å². The van der Waals surface area contributed by atoms with Gasteiger partial charge in [0.25, 0.3) is 0 Å². The van der Waals surface area contributed by atoms with E-state index in [1.54, 1.807) is 12.1 Å². The molecule has 0 saturated carbocycles. The number of aryl methyl sites for hydroxylation is 2. The van der Waals surface area contributed by atoms with Crippen LogP contribution in [0.4, 0.5) is 5.69 Å². The lowest BCUT2D eigenvalue weighted by atomic mass is 10.3. The highest BCUT2D eigenvalue weighted by atomic mass is 35.5. The highest BCUT2D eigenvalue weighted by Gasteiger charge is 2.16. The summed E-state index contributed by atoms with van der Waals surface area (Å²) < 4.78 is 0. The smallest absolute Gasteiger partial charge is 0.237 e. The third kappa shape index (κ3) is 4.44. The molecule has 1 atom stereocenters. The van der Waals surface area contributed by atoms with E-state index in [0.29, 0.717) is 16.5 Å². The zero-order chi connectivity index (χ0) is 15.4. The second-order valence-electron chi connectivity index (χ2n) is 4.62. The Labute approximate surface area is 133 Å². The van der Waals surface area contributed by atoms with Crippen molar-refractivity contribution in [3.05, 3.63) is 46.9 Å². The van der Waals surface area contributed by atoms with Gasteiger partial charge in [-0.3, -0.25) is 4.79 Å². The topological polar surface area (TPSA) is 54.9 Å². The van der Waals surface area contributed by atoms with Gasteiger partial charge < -0.3 is 5.32 Å². The maximum Gasteiger partial charge on any atom is 0.237 e. The summed E-state index contributed by atoms with van der Waals surface area (Å²) in [6.45, 7) is 5.59. The van der Waals surface area contributed by atoms with Crippen LogP contribution in [0.5, 0.6) is 0 Å². The molecule has 0 aliphatic carbocycles. The van der Waals surface area contributed by atoms with Crippen LogP contribution in [0.15, 0.2) is 35.4 Å². The Morgan fingerprint density at radius 2 is 2.00 bits per heavy atom. The molecule has 0 aliphatic heterocycles. The lowest BCUT2D eigenvalue weighted by Crippen LogP contribution is -2.22. The van der Waals surface area contributed by atoms with E-state index in [1.807, 2.05) is 39.0 Å². The van der Waals surface area contributed by atoms with E-state index in [-0.39, 0.29) is 11.2 Å². The molecule has 0 aliphatic rings. The monoisotopic (exact) mass is 321 g/mol. The average molecular weight is 322 g/mol. The van der Waals surface area contributed by atoms with Gasteiger partial charge in [-0.25, -0.2) is 9.97 Å². The molecule has 21 heavy (non-hydrogen) atoms. The summed E-state index contributed by atoms with van der Waals surface area (Å²) in [4.78, 5) is 20.8. The molecule has 1 amide bonds. The lowest BCUT2D eigenvalue weighted by Gasteiger charge is -2.12. The van der Waals surface area contributed by atoms with Crippen molar-refractivity contribution < 1.29 is 4.79 Å². The number of benzene rings is 1. The molecule has 1 N–H and O–H groups in total. The number of carbonyl (C=O) groups is 1. The molecule has 0 radical (unpaired) electrons. The Bertz CT molecular complexity index is 643. The van der Waals surface area contributed by atoms with Crippen LogP contribution in [-0.2, 0) is 4.79 Å². The van der Waals surface area contributed by atoms with Crippen molar-refractivity contribution >= 4 is 35.0 Å². The zero-order valence-electron chi connectivity index (χ0n) is 12.1. The molecule has 6 heteroatoms. The van der Waals surface area contributed by atoms with Gasteiger partial charge in [0.15, 0.2) is 0 Å². The molecule has 1 aromatic heterocycles. The van der Waals surface area contributed by atoms with Crippen LogP contribution in [0.3, 0.4) is 0 Å². The molecule has 1 heterocycles. The van der Waals surface area contributed by atoms with Crippen molar-refractivity contribution in [1.82, 2.24) is 9.97 Å². The predicted molar refractivity (Wildman–Crippen MR) is 86.9 cm³/mol. The highest BCUT2D eigenvalue weighted by Crippen LogP contribution is 2.25. The maximum atomic E-state index is 12.2. The summed E-state index contributed by atoms with van der Waals surface area (Å²) in [6, 6.07) is 9.04. The van der Waals surface area contributed by atoms with Gasteiger partial charge in [-0.15, -0.1) is 0 Å². The van der Waals surface area contributed by atoms with Gasteiger partial charge >= 0.3 is 0 Å². The molecule has 2 rings (SSSR count). The van der Waals surface area contributed by atoms with Crippen molar-refractivity contribution in [2.75, 3.05) is 5.32 Å². The molecule has 110 valence electrons. The van der Waals surface area contributed by atoms with E-state index >= 15 is 0 Å². The molecular weight excluding hydrogens is 306 g/mol. The molecule has 0 saturated heterocycles. The third-order valence-electron chi connectivity index (χ3n) is 2.74. The quantitative estimate of drug-likeness (QED) is 0.686. The van der Waals surface area contributed by atoms with Crippen LogP contribution in [0.2, 0.25) is 5.02 Å². The Kier molecular flexibility index (Phi) is 5.20. The number of hydrogen-bond acceptors (Lipinski definition) is 4. The molecule has 1 aromatic carbocycles. The molecule has 4 nitrogen and oxygen atoms in total. The number of thioether (sulfide) groups is 1. The van der Waals surface area contributed by atoms with E-state index in [1.165, 1.54) is 11.8 Å². The first-order valence-electron chi connectivity index (χ1n) is 6.50. The van der Waals surface area contributed by atoms with Crippen LogP contribution < -0.4 is 5.32 Å². The van der Waals surface area contributed by atoms with Crippen LogP contribution >= 0.6 is 23.4 Å². The number of amides is 1. The number of rotatable bonds is 4. The largest absolute Gasteiger partial charge is 0.324 e. The van der Waals surface area contributed by atoms with E-state index in [4.69, 9.17) is 11.6 Å². The van der Waals surface area contributed by atoms with E-state index in [2.05, 4.69) is 15.3 Å². The summed E-state index contributed by atoms with van der Waals surface area (Å²) in [5.41, 5.74) is 1.51. The second-order valence-corrected chi connectivity index (χ2v) is 6.39. The summed E-state index contributed by atoms with van der Waals surface area (Å²) in [5.74, 6) is 0.596. The molecule has 0 unspecified atom stereocenters. The van der Waals surface area contributed by atoms with Crippen molar-refractivity contribution in [2.45, 2.75) is 31.0 Å². The van der Waals surface area contributed by atoms with Crippen molar-refractivity contribution in [3.63, 3.8) is 0 Å². The highest BCUT2D eigenvalue weighted by molar-refractivity contribution is 8.00. The number of anilines is 1. The summed E-state index contributed by atoms with van der Waals surface area (Å²) in [7, 11) is 0. The second kappa shape index (κ2) is 6.91. The minimum atomic E-state index is -0.282. The number of nitrogens with one attached hydrogen (secondary N) is 1. The van der Waals surface area contributed by atoms with Crippen LogP contribution in [0.1, 0.15) is 18.4 Å². The summed E-state index contributed by atoms with van der Waals surface area (Å²) in [6.07, 6.45) is 0. The number of hydrogen-bond donors (Lipinski definition) is 1. The standard InChI is InChI=1S/C15H16ClN3OS/c1-9-8-14(18-11(3)17-9)21-10(2)15(20)19-13-7-5-4-6-12(13)16/h4-8,10H,1-3H3,(H,19,20)/t10-/m1/s1. The minimum absolute atomic E-state index is 0.109. The first kappa shape index (κ1) is 15.8. The molecule has 0 bridgehead atoms. The molecule has 0 spiro atoms. The zero-order valence-corrected chi connectivity index (χ0v) is 13.6. The number of nitrogens with zero attached hydrogens (tertiary/aromatic N) is 2. The van der Waals surface area contributed by atoms with Gasteiger partial charge in [-0.1, -0.05) is 35.5 Å². The fraction of sp³-hybridized carbons (Fsp3) is 0.267. The summed E-state index contributed by atoms with van der Waals surface area (Å²) >= 11 is 7.43. The van der Waals surface area contributed by atoms with Gasteiger partial charge in [0.1, 0.15) is 10.9 Å². The maximum absolute atomic E-state index is 12.2. The number of para-hydroxylation sites is 1. The van der Waals surface area contributed by atoms with Crippen molar-refractivity contribution in [1.29, 1.82) is 0 Å². The Balaban J connectivity index is 2.04. The SMILES string of the molecule is Cc1cc(S[C@H](C)C(=O)Nc2ccccc2Cl)nc(C)n1. The molecular formula is C15H16ClN3OS. The fourth-order valence-corrected chi connectivity index (χ4v) is 2.91. The number of halogens is 1. The summed E-state index contributed by atoms with van der Waals surface area (Å²) in [5, 5.41) is 3.86. The van der Waals surface area contributed by atoms with E-state index < -0.39 is 0 Å². The predicted octanol–water partition coefficient (Wildman–Crippen LogP) is 3.87. The van der Waals surface area contributed by atoms with Gasteiger partial charge in [0.05, 0.1) is 16.0 Å². The van der Waals surface area contributed by atoms with Crippen LogP contribution in [-0.4, -0.2) is 21.1 Å². The fourth-order valence-electron chi connectivity index (χ4n) is 1.77. The normalized spacial score (nSPS) is 12.0. The number of aromatic nitrogens is 2. The average Bonchev–Trinajstić information content (AvgIpc) is 2.40. The van der Waals surface area contributed by atoms with Gasteiger partial charge in [-0.2, -0.15) is 0 Å². The first-order valence-corrected chi connectivity index (χ1v) is 7.76. The Hall–Kier alpha value is -1.59. The van der Waals surface area contributed by atoms with Gasteiger partial charge in [-0.05, 0) is 39.0 Å². The molecule has 0 fully saturated rings. The van der Waals surface area contributed by atoms with Crippen LogP contribution in [0.25, 0.3) is 0 Å². The minimum Gasteiger partial charge on any atom is -0.324 e. The van der Waals surface area contributed by atoms with Gasteiger partial charge in [0.2, 0.25) is 5.91 Å². The van der Waals surface area contributed by atoms with Gasteiger partial charge in [0, 0.05) is 5.69 Å². The first-order chi connectivity index (χ1) is 9.95. The Morgan fingerprint density at radius 1 is 1.29 bits per heavy atom. The Morgan fingerprint density at radius 3 is 2.67 bits per heavy atom. The third-order valence-corrected chi connectivity index (χ3v) is 4.09. The van der Waals surface area contributed by atoms with Crippen LogP contribution in [0, 0.1) is 13.8 Å². The number of carbonyl (C=O) groups excluding carboxylic acids is 1. The van der Waals surface area contributed by atoms with E-state index in [0.717, 1.165) is 10.7 Å². The lowest BCUT2D eigenvalue weighted by molar-refractivity contribution is -0.115.